The summed E-state index contributed by atoms with van der Waals surface area (Å²) < 4.78 is 44.3. The molecular formula is C28H32BrF3N2O9. The van der Waals surface area contributed by atoms with E-state index in [1.54, 1.807) is 0 Å². The second-order valence-corrected chi connectivity index (χ2v) is 8.54. The minimum atomic E-state index is -4.34. The normalized spacial score (nSPS) is 14.6. The highest BCUT2D eigenvalue weighted by atomic mass is 79.9. The number of rotatable bonds is 9. The molecule has 1 heterocycles. The van der Waals surface area contributed by atoms with Gasteiger partial charge in [0.1, 0.15) is 11.9 Å². The van der Waals surface area contributed by atoms with Crippen LogP contribution in [0.5, 0.6) is 5.75 Å². The number of hydrogen-bond acceptors (Lipinski definition) is 7. The molecule has 15 heteroatoms. The summed E-state index contributed by atoms with van der Waals surface area (Å²) in [4.78, 5) is 40.5. The van der Waals surface area contributed by atoms with Crippen LogP contribution < -0.4 is 10.5 Å². The predicted molar refractivity (Wildman–Crippen MR) is 154 cm³/mol. The highest BCUT2D eigenvalue weighted by Crippen LogP contribution is 2.32. The number of hydrogen-bond donors (Lipinski definition) is 5. The summed E-state index contributed by atoms with van der Waals surface area (Å²) in [5.41, 5.74) is 7.28. The van der Waals surface area contributed by atoms with Crippen LogP contribution in [0.2, 0.25) is 0 Å². The number of nitrogens with zero attached hydrogens (tertiary/aromatic N) is 1. The third-order valence-corrected chi connectivity index (χ3v) is 5.40. The topological polar surface area (TPSA) is 188 Å². The molecule has 1 aliphatic rings. The molecule has 2 aromatic carbocycles. The van der Waals surface area contributed by atoms with Gasteiger partial charge < -0.3 is 30.9 Å². The van der Waals surface area contributed by atoms with Crippen LogP contribution in [0, 0.1) is 0 Å². The number of fused-ring (bicyclic) bond motifs is 1. The average Bonchev–Trinajstić information content (AvgIpc) is 3.09. The maximum atomic E-state index is 12.7. The molecule has 2 aromatic rings. The summed E-state index contributed by atoms with van der Waals surface area (Å²) in [7, 11) is 0. The summed E-state index contributed by atoms with van der Waals surface area (Å²) in [6, 6.07) is 13.0. The molecule has 0 radical (unpaired) electrons. The molecule has 0 saturated heterocycles. The lowest BCUT2D eigenvalue weighted by atomic mass is 10.0. The minimum Gasteiger partial charge on any atom is -0.484 e. The number of halogens is 4. The SMILES string of the molecule is Br.NCCCN1CCc2ccccc2C(Oc2ccc(C(F)(F)F)cc2)C1.O=C(O)/C=C\C(=O)O.O=C(O)/C=C\C(=O)O. The Morgan fingerprint density at radius 1 is 0.860 bits per heavy atom. The average molecular weight is 677 g/mol. The molecule has 3 rings (SSSR count). The standard InChI is InChI=1S/C20H23F3N2O.2C4H4O4.BrH/c21-20(22,23)16-6-8-17(9-7-16)26-19-14-25(12-3-11-24)13-10-15-4-1-2-5-18(15)19;2*5-3(6)1-2-4(7)8;/h1-2,4-9,19H,3,10-14,24H2;2*1-2H,(H,5,6)(H,7,8);1H/b;2*2-1-;. The lowest BCUT2D eigenvalue weighted by Crippen LogP contribution is -2.32. The zero-order valence-corrected chi connectivity index (χ0v) is 24.4. The smallest absolute Gasteiger partial charge is 0.416 e. The molecule has 1 atom stereocenters. The fourth-order valence-electron chi connectivity index (χ4n) is 3.57. The second-order valence-electron chi connectivity index (χ2n) is 8.54. The van der Waals surface area contributed by atoms with Crippen LogP contribution in [0.25, 0.3) is 0 Å². The third-order valence-electron chi connectivity index (χ3n) is 5.40. The Bertz CT molecular complexity index is 1190. The molecule has 1 aliphatic heterocycles. The maximum Gasteiger partial charge on any atom is 0.416 e. The van der Waals surface area contributed by atoms with Crippen molar-refractivity contribution in [3.05, 3.63) is 89.5 Å². The van der Waals surface area contributed by atoms with Crippen molar-refractivity contribution in [2.45, 2.75) is 25.1 Å². The van der Waals surface area contributed by atoms with Crippen LogP contribution in [0.15, 0.2) is 72.8 Å². The molecular weight excluding hydrogens is 645 g/mol. The third kappa shape index (κ3) is 16.7. The van der Waals surface area contributed by atoms with Crippen molar-refractivity contribution < 1.29 is 57.5 Å². The molecule has 0 fully saturated rings. The molecule has 6 N–H and O–H groups in total. The highest BCUT2D eigenvalue weighted by molar-refractivity contribution is 8.93. The van der Waals surface area contributed by atoms with Crippen molar-refractivity contribution in [1.82, 2.24) is 4.90 Å². The molecule has 236 valence electrons. The Morgan fingerprint density at radius 3 is 1.79 bits per heavy atom. The van der Waals surface area contributed by atoms with Gasteiger partial charge in [0.25, 0.3) is 0 Å². The van der Waals surface area contributed by atoms with E-state index in [0.29, 0.717) is 43.1 Å². The summed E-state index contributed by atoms with van der Waals surface area (Å²) in [6.45, 7) is 3.13. The van der Waals surface area contributed by atoms with Gasteiger partial charge in [-0.15, -0.1) is 17.0 Å². The number of aliphatic carboxylic acids is 4. The lowest BCUT2D eigenvalue weighted by Gasteiger charge is -2.25. The Kier molecular flexibility index (Phi) is 17.9. The highest BCUT2D eigenvalue weighted by Gasteiger charge is 2.30. The maximum absolute atomic E-state index is 12.7. The fourth-order valence-corrected chi connectivity index (χ4v) is 3.57. The van der Waals surface area contributed by atoms with Gasteiger partial charge >= 0.3 is 30.1 Å². The molecule has 0 bridgehead atoms. The van der Waals surface area contributed by atoms with Crippen molar-refractivity contribution in [2.24, 2.45) is 5.73 Å². The predicted octanol–water partition coefficient (Wildman–Crippen LogP) is 4.03. The van der Waals surface area contributed by atoms with Crippen LogP contribution in [0.3, 0.4) is 0 Å². The Balaban J connectivity index is 0.000000860. The number of carboxylic acids is 4. The summed E-state index contributed by atoms with van der Waals surface area (Å²) in [5, 5.41) is 31.2. The van der Waals surface area contributed by atoms with E-state index in [0.717, 1.165) is 43.6 Å². The van der Waals surface area contributed by atoms with E-state index in [1.807, 2.05) is 18.2 Å². The zero-order valence-electron chi connectivity index (χ0n) is 22.6. The van der Waals surface area contributed by atoms with Crippen LogP contribution >= 0.6 is 17.0 Å². The van der Waals surface area contributed by atoms with E-state index in [4.69, 9.17) is 30.9 Å². The van der Waals surface area contributed by atoms with Gasteiger partial charge in [0.15, 0.2) is 0 Å². The summed E-state index contributed by atoms with van der Waals surface area (Å²) in [5.74, 6) is -4.59. The number of carbonyl (C=O) groups is 4. The van der Waals surface area contributed by atoms with Gasteiger partial charge in [-0.3, -0.25) is 4.90 Å². The molecule has 0 amide bonds. The van der Waals surface area contributed by atoms with Gasteiger partial charge in [0, 0.05) is 37.4 Å². The lowest BCUT2D eigenvalue weighted by molar-refractivity contribution is -0.137. The Morgan fingerprint density at radius 2 is 1.35 bits per heavy atom. The van der Waals surface area contributed by atoms with Gasteiger partial charge in [-0.2, -0.15) is 13.2 Å². The van der Waals surface area contributed by atoms with Gasteiger partial charge in [-0.25, -0.2) is 19.2 Å². The van der Waals surface area contributed by atoms with Gasteiger partial charge in [-0.05, 0) is 61.3 Å². The summed E-state index contributed by atoms with van der Waals surface area (Å²) in [6.07, 6.45) is -0.498. The van der Waals surface area contributed by atoms with Gasteiger partial charge in [-0.1, -0.05) is 24.3 Å². The first-order valence-electron chi connectivity index (χ1n) is 12.3. The van der Waals surface area contributed by atoms with Gasteiger partial charge in [0.05, 0.1) is 5.56 Å². The molecule has 43 heavy (non-hydrogen) atoms. The number of nitrogens with two attached hydrogens (primary N) is 1. The molecule has 1 unspecified atom stereocenters. The molecule has 11 nitrogen and oxygen atoms in total. The molecule has 0 spiro atoms. The second kappa shape index (κ2) is 19.8. The minimum absolute atomic E-state index is 0. The van der Waals surface area contributed by atoms with Crippen LogP contribution in [-0.4, -0.2) is 75.4 Å². The first-order valence-corrected chi connectivity index (χ1v) is 12.3. The van der Waals surface area contributed by atoms with E-state index in [9.17, 15) is 32.3 Å². The monoisotopic (exact) mass is 676 g/mol. The van der Waals surface area contributed by atoms with E-state index < -0.39 is 35.6 Å². The van der Waals surface area contributed by atoms with E-state index >= 15 is 0 Å². The van der Waals surface area contributed by atoms with Crippen LogP contribution in [0.4, 0.5) is 13.2 Å². The Hall–Kier alpha value is -4.21. The van der Waals surface area contributed by atoms with E-state index in [1.165, 1.54) is 17.7 Å². The van der Waals surface area contributed by atoms with E-state index in [-0.39, 0.29) is 23.1 Å². The van der Waals surface area contributed by atoms with Crippen molar-refractivity contribution in [3.63, 3.8) is 0 Å². The summed E-state index contributed by atoms with van der Waals surface area (Å²) >= 11 is 0. The van der Waals surface area contributed by atoms with Crippen LogP contribution in [0.1, 0.15) is 29.2 Å². The zero-order chi connectivity index (χ0) is 31.7. The molecule has 0 saturated carbocycles. The van der Waals surface area contributed by atoms with E-state index in [2.05, 4.69) is 11.0 Å². The first kappa shape index (κ1) is 38.8. The quantitative estimate of drug-likeness (QED) is 0.241. The van der Waals surface area contributed by atoms with Crippen molar-refractivity contribution in [3.8, 4) is 5.75 Å². The number of alkyl halides is 3. The fraction of sp³-hybridized carbons (Fsp3) is 0.286. The van der Waals surface area contributed by atoms with Crippen molar-refractivity contribution >= 4 is 40.9 Å². The van der Waals surface area contributed by atoms with Gasteiger partial charge in [0.2, 0.25) is 0 Å². The van der Waals surface area contributed by atoms with Crippen molar-refractivity contribution in [1.29, 1.82) is 0 Å². The first-order chi connectivity index (χ1) is 19.7. The number of benzene rings is 2. The van der Waals surface area contributed by atoms with Crippen molar-refractivity contribution in [2.75, 3.05) is 26.2 Å². The largest absolute Gasteiger partial charge is 0.484 e. The van der Waals surface area contributed by atoms with Crippen LogP contribution in [-0.2, 0) is 31.8 Å². The molecule has 0 aromatic heterocycles. The Labute approximate surface area is 255 Å². The molecule has 0 aliphatic carbocycles. The number of ether oxygens (including phenoxy) is 1. The number of carboxylic acid groups (broad SMARTS) is 4.